The van der Waals surface area contributed by atoms with E-state index in [1.807, 2.05) is 22.6 Å². The van der Waals surface area contributed by atoms with E-state index in [2.05, 4.69) is 0 Å². The van der Waals surface area contributed by atoms with Crippen LogP contribution in [0.15, 0.2) is 30.5 Å². The van der Waals surface area contributed by atoms with Gasteiger partial charge in [-0.25, -0.2) is 9.18 Å². The number of benzene rings is 1. The second-order valence-corrected chi connectivity index (χ2v) is 5.03. The summed E-state index contributed by atoms with van der Waals surface area (Å²) in [5.74, 6) is -1.58. The molecule has 0 saturated carbocycles. The smallest absolute Gasteiger partial charge is 0.352 e. The summed E-state index contributed by atoms with van der Waals surface area (Å²) in [6.07, 6.45) is 1.61. The largest absolute Gasteiger partial charge is 0.477 e. The van der Waals surface area contributed by atoms with Gasteiger partial charge < -0.3 is 9.67 Å². The molecule has 0 aliphatic carbocycles. The Labute approximate surface area is 115 Å². The number of carbonyl (C=O) groups is 1. The first-order valence-electron chi connectivity index (χ1n) is 4.55. The fourth-order valence-electron chi connectivity index (χ4n) is 1.49. The van der Waals surface area contributed by atoms with Gasteiger partial charge in [0.05, 0.1) is 5.69 Å². The van der Waals surface area contributed by atoms with Crippen LogP contribution >= 0.6 is 34.2 Å². The maximum atomic E-state index is 13.2. The van der Waals surface area contributed by atoms with Crippen LogP contribution in [0.25, 0.3) is 5.69 Å². The molecule has 1 N–H and O–H groups in total. The lowest BCUT2D eigenvalue weighted by atomic mass is 10.3. The van der Waals surface area contributed by atoms with Gasteiger partial charge >= 0.3 is 5.97 Å². The first-order valence-corrected chi connectivity index (χ1v) is 6.00. The van der Waals surface area contributed by atoms with Crippen LogP contribution in [0.4, 0.5) is 4.39 Å². The van der Waals surface area contributed by atoms with Gasteiger partial charge in [-0.15, -0.1) is 0 Å². The van der Waals surface area contributed by atoms with E-state index in [-0.39, 0.29) is 10.7 Å². The van der Waals surface area contributed by atoms with Crippen molar-refractivity contribution in [2.45, 2.75) is 0 Å². The average molecular weight is 366 g/mol. The zero-order chi connectivity index (χ0) is 12.6. The van der Waals surface area contributed by atoms with Gasteiger partial charge in [-0.3, -0.25) is 0 Å². The number of nitrogens with zero attached hydrogens (tertiary/aromatic N) is 1. The van der Waals surface area contributed by atoms with Crippen LogP contribution in [-0.4, -0.2) is 15.6 Å². The number of aromatic carboxylic acids is 1. The Bertz CT molecular complexity index is 577. The van der Waals surface area contributed by atoms with E-state index in [1.165, 1.54) is 28.8 Å². The molecule has 0 aliphatic rings. The monoisotopic (exact) mass is 365 g/mol. The summed E-state index contributed by atoms with van der Waals surface area (Å²) in [6.45, 7) is 0. The number of hydrogen-bond acceptors (Lipinski definition) is 1. The molecule has 6 heteroatoms. The minimum Gasteiger partial charge on any atom is -0.477 e. The number of aromatic nitrogens is 1. The van der Waals surface area contributed by atoms with E-state index < -0.39 is 11.8 Å². The first kappa shape index (κ1) is 12.4. The summed E-state index contributed by atoms with van der Waals surface area (Å²) in [4.78, 5) is 11.0. The predicted molar refractivity (Wildman–Crippen MR) is 70.4 cm³/mol. The van der Waals surface area contributed by atoms with Gasteiger partial charge in [-0.2, -0.15) is 0 Å². The van der Waals surface area contributed by atoms with Gasteiger partial charge in [-0.05, 0) is 46.9 Å². The van der Waals surface area contributed by atoms with E-state index in [0.29, 0.717) is 5.69 Å². The molecule has 2 aromatic rings. The van der Waals surface area contributed by atoms with E-state index >= 15 is 0 Å². The summed E-state index contributed by atoms with van der Waals surface area (Å²) in [5, 5.41) is 9.25. The summed E-state index contributed by atoms with van der Waals surface area (Å²) < 4.78 is 15.3. The minimum absolute atomic E-state index is 0.0658. The zero-order valence-electron chi connectivity index (χ0n) is 8.32. The average Bonchev–Trinajstić information content (AvgIpc) is 2.59. The summed E-state index contributed by atoms with van der Waals surface area (Å²) in [7, 11) is 0. The molecular weight excluding hydrogens is 359 g/mol. The van der Waals surface area contributed by atoms with Gasteiger partial charge in [0.1, 0.15) is 11.5 Å². The Morgan fingerprint density at radius 1 is 1.35 bits per heavy atom. The van der Waals surface area contributed by atoms with Crippen molar-refractivity contribution in [3.8, 4) is 5.69 Å². The molecule has 1 aromatic carbocycles. The van der Waals surface area contributed by atoms with Crippen molar-refractivity contribution in [1.29, 1.82) is 0 Å². The maximum absolute atomic E-state index is 13.2. The number of carboxylic acids is 1. The highest BCUT2D eigenvalue weighted by atomic mass is 127. The summed E-state index contributed by atoms with van der Waals surface area (Å²) in [6, 6.07) is 5.41. The van der Waals surface area contributed by atoms with E-state index in [0.717, 1.165) is 3.57 Å². The predicted octanol–water partition coefficient (Wildman–Crippen LogP) is 3.57. The number of halogens is 3. The lowest BCUT2D eigenvalue weighted by Gasteiger charge is -2.06. The Hall–Kier alpha value is -1.08. The molecule has 0 bridgehead atoms. The van der Waals surface area contributed by atoms with Crippen molar-refractivity contribution < 1.29 is 14.3 Å². The molecular formula is C11H6ClFINO2. The van der Waals surface area contributed by atoms with Crippen molar-refractivity contribution in [3.05, 3.63) is 50.6 Å². The van der Waals surface area contributed by atoms with Gasteiger partial charge in [0.25, 0.3) is 0 Å². The van der Waals surface area contributed by atoms with Crippen molar-refractivity contribution >= 4 is 40.2 Å². The third kappa shape index (κ3) is 2.61. The third-order valence-electron chi connectivity index (χ3n) is 2.13. The molecule has 1 aromatic heterocycles. The summed E-state index contributed by atoms with van der Waals surface area (Å²) in [5.41, 5.74) is 0.450. The lowest BCUT2D eigenvalue weighted by molar-refractivity contribution is 0.0688. The van der Waals surface area contributed by atoms with Crippen LogP contribution in [0.1, 0.15) is 10.5 Å². The highest BCUT2D eigenvalue weighted by Crippen LogP contribution is 2.21. The molecule has 2 rings (SSSR count). The van der Waals surface area contributed by atoms with Gasteiger partial charge in [0, 0.05) is 14.8 Å². The minimum atomic E-state index is -1.08. The Morgan fingerprint density at radius 2 is 2.06 bits per heavy atom. The summed E-state index contributed by atoms with van der Waals surface area (Å²) >= 11 is 7.73. The van der Waals surface area contributed by atoms with E-state index in [1.54, 1.807) is 6.20 Å². The first-order chi connectivity index (χ1) is 7.97. The maximum Gasteiger partial charge on any atom is 0.352 e. The van der Waals surface area contributed by atoms with Gasteiger partial charge in [0.2, 0.25) is 0 Å². The molecule has 0 radical (unpaired) electrons. The van der Waals surface area contributed by atoms with Crippen molar-refractivity contribution in [3.63, 3.8) is 0 Å². The molecule has 3 nitrogen and oxygen atoms in total. The Kier molecular flexibility index (Phi) is 3.39. The van der Waals surface area contributed by atoms with Crippen molar-refractivity contribution in [1.82, 2.24) is 4.57 Å². The molecule has 1 heterocycles. The van der Waals surface area contributed by atoms with Crippen molar-refractivity contribution in [2.24, 2.45) is 0 Å². The van der Waals surface area contributed by atoms with Gasteiger partial charge in [0.15, 0.2) is 0 Å². The van der Waals surface area contributed by atoms with Crippen molar-refractivity contribution in [2.75, 3.05) is 0 Å². The van der Waals surface area contributed by atoms with Crippen LogP contribution < -0.4 is 0 Å². The Morgan fingerprint density at radius 3 is 2.65 bits per heavy atom. The Balaban J connectivity index is 2.63. The standard InChI is InChI=1S/C11H6ClFINO2/c12-6-1-7(13)3-9(2-6)15-5-8(14)4-10(15)11(16)17/h1-5H,(H,16,17). The van der Waals surface area contributed by atoms with Crippen LogP contribution in [0.3, 0.4) is 0 Å². The highest BCUT2D eigenvalue weighted by molar-refractivity contribution is 14.1. The van der Waals surface area contributed by atoms with Crippen LogP contribution in [0.2, 0.25) is 5.02 Å². The molecule has 0 amide bonds. The second-order valence-electron chi connectivity index (χ2n) is 3.35. The van der Waals surface area contributed by atoms with Crippen LogP contribution in [0.5, 0.6) is 0 Å². The molecule has 0 saturated heterocycles. The van der Waals surface area contributed by atoms with Gasteiger partial charge in [-0.1, -0.05) is 11.6 Å². The number of carboxylic acid groups (broad SMARTS) is 1. The molecule has 0 aliphatic heterocycles. The lowest BCUT2D eigenvalue weighted by Crippen LogP contribution is -2.05. The van der Waals surface area contributed by atoms with E-state index in [4.69, 9.17) is 16.7 Å². The molecule has 17 heavy (non-hydrogen) atoms. The molecule has 0 spiro atoms. The number of rotatable bonds is 2. The quantitative estimate of drug-likeness (QED) is 0.827. The molecule has 0 unspecified atom stereocenters. The van der Waals surface area contributed by atoms with Crippen LogP contribution in [-0.2, 0) is 0 Å². The molecule has 88 valence electrons. The zero-order valence-corrected chi connectivity index (χ0v) is 11.2. The number of hydrogen-bond donors (Lipinski definition) is 1. The fourth-order valence-corrected chi connectivity index (χ4v) is 2.28. The molecule has 0 atom stereocenters. The second kappa shape index (κ2) is 4.66. The SMILES string of the molecule is O=C(O)c1cc(I)cn1-c1cc(F)cc(Cl)c1. The fraction of sp³-hybridized carbons (Fsp3) is 0. The molecule has 0 fully saturated rings. The van der Waals surface area contributed by atoms with E-state index in [9.17, 15) is 9.18 Å². The highest BCUT2D eigenvalue weighted by Gasteiger charge is 2.13. The van der Waals surface area contributed by atoms with Crippen LogP contribution in [0, 0.1) is 9.39 Å². The third-order valence-corrected chi connectivity index (χ3v) is 2.94. The normalized spacial score (nSPS) is 10.5. The topological polar surface area (TPSA) is 42.2 Å².